The molecule has 1 heterocycles. The van der Waals surface area contributed by atoms with E-state index in [1.807, 2.05) is 21.0 Å². The second-order valence-electron chi connectivity index (χ2n) is 7.61. The van der Waals surface area contributed by atoms with Crippen LogP contribution in [0, 0.1) is 13.8 Å². The summed E-state index contributed by atoms with van der Waals surface area (Å²) in [5, 5.41) is 0.694. The van der Waals surface area contributed by atoms with Crippen LogP contribution in [0.5, 0.6) is 0 Å². The van der Waals surface area contributed by atoms with Gasteiger partial charge >= 0.3 is 5.97 Å². The van der Waals surface area contributed by atoms with E-state index in [2.05, 4.69) is 24.0 Å². The molecule has 0 aliphatic carbocycles. The fraction of sp³-hybridized carbons (Fsp3) is 0.348. The van der Waals surface area contributed by atoms with Crippen molar-refractivity contribution in [3.63, 3.8) is 0 Å². The Morgan fingerprint density at radius 2 is 1.70 bits per heavy atom. The van der Waals surface area contributed by atoms with Gasteiger partial charge in [0.15, 0.2) is 5.13 Å². The molecule has 0 saturated heterocycles. The smallest absolute Gasteiger partial charge is 0.337 e. The zero-order valence-corrected chi connectivity index (χ0v) is 18.9. The van der Waals surface area contributed by atoms with Crippen LogP contribution < -0.4 is 4.90 Å². The average Bonchev–Trinajstić information content (AvgIpc) is 3.14. The molecule has 0 saturated carbocycles. The van der Waals surface area contributed by atoms with Crippen LogP contribution in [0.25, 0.3) is 10.2 Å². The van der Waals surface area contributed by atoms with Crippen molar-refractivity contribution in [3.8, 4) is 0 Å². The Labute approximate surface area is 181 Å². The molecule has 30 heavy (non-hydrogen) atoms. The Bertz CT molecular complexity index is 1060. The molecule has 0 aliphatic heterocycles. The van der Waals surface area contributed by atoms with E-state index in [0.717, 1.165) is 28.7 Å². The predicted octanol–water partition coefficient (Wildman–Crippen LogP) is 4.30. The zero-order valence-electron chi connectivity index (χ0n) is 18.1. The molecule has 3 aromatic rings. The quantitative estimate of drug-likeness (QED) is 0.528. The van der Waals surface area contributed by atoms with E-state index in [1.165, 1.54) is 24.0 Å². The average molecular weight is 426 g/mol. The molecule has 3 rings (SSSR count). The van der Waals surface area contributed by atoms with Crippen molar-refractivity contribution >= 4 is 38.6 Å². The summed E-state index contributed by atoms with van der Waals surface area (Å²) in [6.45, 7) is 5.54. The van der Waals surface area contributed by atoms with Crippen LogP contribution >= 0.6 is 11.3 Å². The normalized spacial score (nSPS) is 11.1. The van der Waals surface area contributed by atoms with Crippen molar-refractivity contribution in [2.75, 3.05) is 39.2 Å². The van der Waals surface area contributed by atoms with Gasteiger partial charge in [0, 0.05) is 12.1 Å². The zero-order chi connectivity index (χ0) is 21.8. The molecule has 2 aromatic carbocycles. The van der Waals surface area contributed by atoms with Crippen LogP contribution in [0.15, 0.2) is 36.4 Å². The molecule has 7 heteroatoms. The van der Waals surface area contributed by atoms with E-state index in [9.17, 15) is 9.59 Å². The number of thiazole rings is 1. The van der Waals surface area contributed by atoms with E-state index < -0.39 is 5.97 Å². The largest absolute Gasteiger partial charge is 0.465 e. The highest BCUT2D eigenvalue weighted by molar-refractivity contribution is 7.22. The van der Waals surface area contributed by atoms with Crippen molar-refractivity contribution < 1.29 is 14.3 Å². The number of rotatable bonds is 7. The van der Waals surface area contributed by atoms with Gasteiger partial charge in [-0.1, -0.05) is 17.4 Å². The van der Waals surface area contributed by atoms with Gasteiger partial charge in [-0.15, -0.1) is 0 Å². The number of hydrogen-bond acceptors (Lipinski definition) is 6. The lowest BCUT2D eigenvalue weighted by molar-refractivity contribution is 0.0600. The van der Waals surface area contributed by atoms with E-state index in [4.69, 9.17) is 9.72 Å². The van der Waals surface area contributed by atoms with Crippen molar-refractivity contribution in [2.24, 2.45) is 0 Å². The number of benzene rings is 2. The molecule has 0 atom stereocenters. The summed E-state index contributed by atoms with van der Waals surface area (Å²) >= 11 is 1.53. The van der Waals surface area contributed by atoms with Gasteiger partial charge in [-0.05, 0) is 82.4 Å². The Morgan fingerprint density at radius 1 is 1.03 bits per heavy atom. The van der Waals surface area contributed by atoms with Gasteiger partial charge in [-0.25, -0.2) is 9.78 Å². The van der Waals surface area contributed by atoms with Gasteiger partial charge in [-0.2, -0.15) is 0 Å². The summed E-state index contributed by atoms with van der Waals surface area (Å²) in [5.74, 6) is -0.549. The number of ether oxygens (including phenoxy) is 1. The van der Waals surface area contributed by atoms with Gasteiger partial charge in [0.2, 0.25) is 0 Å². The fourth-order valence-corrected chi connectivity index (χ4v) is 4.49. The first-order valence-electron chi connectivity index (χ1n) is 9.83. The number of fused-ring (bicyclic) bond motifs is 1. The van der Waals surface area contributed by atoms with E-state index in [1.54, 1.807) is 29.2 Å². The minimum absolute atomic E-state index is 0.126. The number of hydrogen-bond donors (Lipinski definition) is 0. The molecule has 0 fully saturated rings. The second kappa shape index (κ2) is 9.36. The van der Waals surface area contributed by atoms with Gasteiger partial charge in [0.05, 0.1) is 22.9 Å². The number of carbonyl (C=O) groups excluding carboxylic acids is 2. The maximum atomic E-state index is 13.4. The Balaban J connectivity index is 1.94. The number of nitrogens with zero attached hydrogens (tertiary/aromatic N) is 3. The van der Waals surface area contributed by atoms with Gasteiger partial charge in [-0.3, -0.25) is 9.69 Å². The second-order valence-corrected chi connectivity index (χ2v) is 8.62. The number of carbonyl (C=O) groups is 2. The highest BCUT2D eigenvalue weighted by atomic mass is 32.1. The van der Waals surface area contributed by atoms with Crippen LogP contribution in [0.1, 0.15) is 38.3 Å². The van der Waals surface area contributed by atoms with E-state index in [-0.39, 0.29) is 5.91 Å². The fourth-order valence-electron chi connectivity index (χ4n) is 3.33. The van der Waals surface area contributed by atoms with Gasteiger partial charge in [0.1, 0.15) is 0 Å². The third-order valence-electron chi connectivity index (χ3n) is 4.83. The molecule has 0 unspecified atom stereocenters. The minimum Gasteiger partial charge on any atom is -0.465 e. The Kier molecular flexibility index (Phi) is 6.84. The topological polar surface area (TPSA) is 62.7 Å². The first-order chi connectivity index (χ1) is 14.3. The number of aromatic nitrogens is 1. The number of aryl methyl sites for hydroxylation is 2. The monoisotopic (exact) mass is 425 g/mol. The maximum Gasteiger partial charge on any atom is 0.337 e. The number of amides is 1. The highest BCUT2D eigenvalue weighted by Gasteiger charge is 2.22. The molecule has 0 bridgehead atoms. The minimum atomic E-state index is -0.422. The lowest BCUT2D eigenvalue weighted by atomic mass is 10.1. The van der Waals surface area contributed by atoms with Crippen molar-refractivity contribution in [1.82, 2.24) is 9.88 Å². The molecule has 158 valence electrons. The summed E-state index contributed by atoms with van der Waals surface area (Å²) in [5.41, 5.74) is 4.15. The van der Waals surface area contributed by atoms with E-state index >= 15 is 0 Å². The SMILES string of the molecule is COC(=O)c1ccc(C(=O)N(CCCN(C)C)c2nc3c(C)cc(C)cc3s2)cc1. The number of anilines is 1. The third-order valence-corrected chi connectivity index (χ3v) is 5.86. The summed E-state index contributed by atoms with van der Waals surface area (Å²) in [6, 6.07) is 10.8. The summed E-state index contributed by atoms with van der Waals surface area (Å²) in [7, 11) is 5.37. The molecule has 0 aliphatic rings. The maximum absolute atomic E-state index is 13.4. The summed E-state index contributed by atoms with van der Waals surface area (Å²) in [6.07, 6.45) is 0.826. The first kappa shape index (κ1) is 21.9. The molecule has 0 N–H and O–H groups in total. The van der Waals surface area contributed by atoms with Crippen LogP contribution in [-0.2, 0) is 4.74 Å². The lowest BCUT2D eigenvalue weighted by Gasteiger charge is -2.21. The summed E-state index contributed by atoms with van der Waals surface area (Å²) in [4.78, 5) is 33.7. The third kappa shape index (κ3) is 4.86. The molecular formula is C23H27N3O3S. The molecular weight excluding hydrogens is 398 g/mol. The number of esters is 1. The van der Waals surface area contributed by atoms with Crippen LogP contribution in [0.3, 0.4) is 0 Å². The molecule has 0 radical (unpaired) electrons. The van der Waals surface area contributed by atoms with Crippen molar-refractivity contribution in [2.45, 2.75) is 20.3 Å². The highest BCUT2D eigenvalue weighted by Crippen LogP contribution is 2.32. The molecule has 6 nitrogen and oxygen atoms in total. The van der Waals surface area contributed by atoms with Crippen molar-refractivity contribution in [3.05, 3.63) is 58.7 Å². The van der Waals surface area contributed by atoms with Crippen LogP contribution in [-0.4, -0.2) is 56.1 Å². The van der Waals surface area contributed by atoms with Crippen LogP contribution in [0.4, 0.5) is 5.13 Å². The summed E-state index contributed by atoms with van der Waals surface area (Å²) < 4.78 is 5.81. The Morgan fingerprint density at radius 3 is 2.33 bits per heavy atom. The lowest BCUT2D eigenvalue weighted by Crippen LogP contribution is -2.33. The predicted molar refractivity (Wildman–Crippen MR) is 122 cm³/mol. The van der Waals surface area contributed by atoms with Gasteiger partial charge in [0.25, 0.3) is 5.91 Å². The standard InChI is InChI=1S/C23H27N3O3S/c1-15-13-16(2)20-19(14-15)30-23(24-20)26(12-6-11-25(3)4)21(27)17-7-9-18(10-8-17)22(28)29-5/h7-10,13-14H,6,11-12H2,1-5H3. The molecule has 1 aromatic heterocycles. The van der Waals surface area contributed by atoms with Gasteiger partial charge < -0.3 is 9.64 Å². The number of methoxy groups -OCH3 is 1. The molecule has 0 spiro atoms. The van der Waals surface area contributed by atoms with Crippen LogP contribution in [0.2, 0.25) is 0 Å². The first-order valence-corrected chi connectivity index (χ1v) is 10.6. The van der Waals surface area contributed by atoms with E-state index in [0.29, 0.717) is 22.8 Å². The Hall–Kier alpha value is -2.77. The molecule has 1 amide bonds. The van der Waals surface area contributed by atoms with Crippen molar-refractivity contribution in [1.29, 1.82) is 0 Å².